The number of nitrogens with one attached hydrogen (secondary N) is 1. The molecular weight excluding hydrogens is 553 g/mol. The average molecular weight is 582 g/mol. The Labute approximate surface area is 235 Å². The predicted molar refractivity (Wildman–Crippen MR) is 147 cm³/mol. The molecule has 41 heavy (non-hydrogen) atoms. The number of likely N-dealkylation sites (tertiary alicyclic amines) is 1. The van der Waals surface area contributed by atoms with Crippen LogP contribution in [0.25, 0.3) is 17.1 Å². The first-order chi connectivity index (χ1) is 19.7. The average Bonchev–Trinajstić information content (AvgIpc) is 3.30. The van der Waals surface area contributed by atoms with Crippen LogP contribution in [0.3, 0.4) is 0 Å². The number of rotatable bonds is 8. The van der Waals surface area contributed by atoms with Crippen LogP contribution in [0.15, 0.2) is 60.0 Å². The number of hydrogen-bond donors (Lipinski definition) is 2. The van der Waals surface area contributed by atoms with E-state index in [4.69, 9.17) is 4.74 Å². The molecule has 0 spiro atoms. The van der Waals surface area contributed by atoms with E-state index in [1.54, 1.807) is 30.6 Å². The lowest BCUT2D eigenvalue weighted by molar-refractivity contribution is 0.0525. The van der Waals surface area contributed by atoms with Gasteiger partial charge in [-0.15, -0.1) is 5.10 Å². The quantitative estimate of drug-likeness (QED) is 0.317. The second-order valence-corrected chi connectivity index (χ2v) is 11.5. The smallest absolute Gasteiger partial charge is 0.261 e. The van der Waals surface area contributed by atoms with Crippen LogP contribution in [-0.2, 0) is 9.84 Å². The van der Waals surface area contributed by atoms with Crippen LogP contribution in [0.1, 0.15) is 30.1 Å². The number of piperidine rings is 1. The number of nitrogens with zero attached hydrogens (tertiary/aromatic N) is 6. The third kappa shape index (κ3) is 5.96. The number of anilines is 1. The van der Waals surface area contributed by atoms with Crippen molar-refractivity contribution in [1.29, 1.82) is 0 Å². The molecule has 0 bridgehead atoms. The van der Waals surface area contributed by atoms with Crippen molar-refractivity contribution in [3.63, 3.8) is 0 Å². The van der Waals surface area contributed by atoms with Crippen LogP contribution in [-0.4, -0.2) is 81.1 Å². The van der Waals surface area contributed by atoms with E-state index in [0.717, 1.165) is 22.7 Å². The van der Waals surface area contributed by atoms with E-state index in [1.165, 1.54) is 23.4 Å². The minimum atomic E-state index is -3.67. The second-order valence-electron chi connectivity index (χ2n) is 9.49. The summed E-state index contributed by atoms with van der Waals surface area (Å²) in [5.41, 5.74) is 0.704. The summed E-state index contributed by atoms with van der Waals surface area (Å²) in [6.45, 7) is 3.21. The molecule has 14 heteroatoms. The van der Waals surface area contributed by atoms with Crippen molar-refractivity contribution in [2.45, 2.75) is 30.8 Å². The number of aromatic nitrogens is 5. The highest BCUT2D eigenvalue weighted by molar-refractivity contribution is 7.90. The number of carbonyl (C=O) groups is 1. The van der Waals surface area contributed by atoms with Crippen molar-refractivity contribution in [3.8, 4) is 28.8 Å². The number of hydrogen-bond acceptors (Lipinski definition) is 10. The van der Waals surface area contributed by atoms with Crippen LogP contribution in [0.5, 0.6) is 11.8 Å². The highest BCUT2D eigenvalue weighted by atomic mass is 32.2. The number of carbonyl (C=O) groups excluding carboxylic acids is 1. The van der Waals surface area contributed by atoms with Crippen molar-refractivity contribution < 1.29 is 27.4 Å². The molecule has 5 rings (SSSR count). The van der Waals surface area contributed by atoms with Gasteiger partial charge in [-0.3, -0.25) is 9.78 Å². The summed E-state index contributed by atoms with van der Waals surface area (Å²) in [5.74, 6) is -1.68. The van der Waals surface area contributed by atoms with Gasteiger partial charge < -0.3 is 20.1 Å². The number of halogens is 1. The molecule has 4 aromatic rings. The number of amides is 1. The van der Waals surface area contributed by atoms with Crippen LogP contribution in [0.2, 0.25) is 0 Å². The number of sulfone groups is 1. The standard InChI is InChI=1S/C27H28FN7O5S/c1-3-30-17-6-8-21(31-14-17)25-24(26(36)33-35(25)22-9-7-19(13-20(22)28)41(2,38)39)27(37)34-12-4-5-18(15-34)40-23-10-11-29-16-32-23/h6-11,13-14,16,18,30H,3-5,12,15H2,1-2H3,(H,33,36). The molecule has 2 N–H and O–H groups in total. The van der Waals surface area contributed by atoms with Crippen molar-refractivity contribution in [2.24, 2.45) is 0 Å². The molecule has 0 radical (unpaired) electrons. The van der Waals surface area contributed by atoms with Gasteiger partial charge in [0, 0.05) is 31.6 Å². The summed E-state index contributed by atoms with van der Waals surface area (Å²) in [4.78, 5) is 27.6. The molecule has 1 aliphatic rings. The zero-order valence-corrected chi connectivity index (χ0v) is 23.2. The number of aromatic hydroxyl groups is 1. The maximum atomic E-state index is 15.3. The third-order valence-corrected chi connectivity index (χ3v) is 7.66. The Morgan fingerprint density at radius 2 is 2.05 bits per heavy atom. The Hall–Kier alpha value is -4.59. The summed E-state index contributed by atoms with van der Waals surface area (Å²) >= 11 is 0. The van der Waals surface area contributed by atoms with E-state index in [0.29, 0.717) is 31.8 Å². The molecule has 12 nitrogen and oxygen atoms in total. The third-order valence-electron chi connectivity index (χ3n) is 6.55. The maximum absolute atomic E-state index is 15.3. The van der Waals surface area contributed by atoms with Gasteiger partial charge in [-0.05, 0) is 50.1 Å². The van der Waals surface area contributed by atoms with E-state index in [1.807, 2.05) is 6.92 Å². The number of ether oxygens (including phenoxy) is 1. The van der Waals surface area contributed by atoms with E-state index >= 15 is 4.39 Å². The molecule has 1 fully saturated rings. The Kier molecular flexibility index (Phi) is 7.83. The molecule has 1 atom stereocenters. The van der Waals surface area contributed by atoms with Gasteiger partial charge in [0.05, 0.1) is 29.0 Å². The summed E-state index contributed by atoms with van der Waals surface area (Å²) in [7, 11) is -3.67. The Balaban J connectivity index is 1.56. The zero-order valence-electron chi connectivity index (χ0n) is 22.4. The summed E-state index contributed by atoms with van der Waals surface area (Å²) in [6, 6.07) is 8.33. The minimum absolute atomic E-state index is 0.0559. The van der Waals surface area contributed by atoms with Crippen LogP contribution in [0, 0.1) is 5.82 Å². The van der Waals surface area contributed by atoms with Crippen molar-refractivity contribution >= 4 is 21.4 Å². The second kappa shape index (κ2) is 11.5. The lowest BCUT2D eigenvalue weighted by atomic mass is 10.1. The fourth-order valence-corrected chi connectivity index (χ4v) is 5.28. The Morgan fingerprint density at radius 3 is 2.71 bits per heavy atom. The van der Waals surface area contributed by atoms with Gasteiger partial charge in [-0.2, -0.15) is 0 Å². The normalized spacial score (nSPS) is 15.5. The van der Waals surface area contributed by atoms with E-state index in [9.17, 15) is 18.3 Å². The summed E-state index contributed by atoms with van der Waals surface area (Å²) < 4.78 is 46.2. The number of pyridine rings is 1. The van der Waals surface area contributed by atoms with E-state index in [2.05, 4.69) is 25.4 Å². The molecule has 3 aromatic heterocycles. The predicted octanol–water partition coefficient (Wildman–Crippen LogP) is 3.09. The highest BCUT2D eigenvalue weighted by Gasteiger charge is 2.33. The molecule has 1 saturated heterocycles. The zero-order chi connectivity index (χ0) is 29.1. The van der Waals surface area contributed by atoms with Gasteiger partial charge in [-0.1, -0.05) is 0 Å². The fraction of sp³-hybridized carbons (Fsp3) is 0.296. The van der Waals surface area contributed by atoms with Crippen molar-refractivity contribution in [3.05, 3.63) is 66.5 Å². The fourth-order valence-electron chi connectivity index (χ4n) is 4.64. The summed E-state index contributed by atoms with van der Waals surface area (Å²) in [6.07, 6.45) is 6.44. The first-order valence-corrected chi connectivity index (χ1v) is 14.8. The molecule has 214 valence electrons. The van der Waals surface area contributed by atoms with E-state index in [-0.39, 0.29) is 40.2 Å². The van der Waals surface area contributed by atoms with Gasteiger partial charge in [0.2, 0.25) is 11.8 Å². The first-order valence-electron chi connectivity index (χ1n) is 12.9. The van der Waals surface area contributed by atoms with Gasteiger partial charge in [0.25, 0.3) is 5.91 Å². The van der Waals surface area contributed by atoms with Gasteiger partial charge >= 0.3 is 0 Å². The van der Waals surface area contributed by atoms with Crippen LogP contribution in [0.4, 0.5) is 10.1 Å². The van der Waals surface area contributed by atoms with Gasteiger partial charge in [0.1, 0.15) is 35.2 Å². The Bertz CT molecular complexity index is 1660. The molecule has 1 amide bonds. The maximum Gasteiger partial charge on any atom is 0.261 e. The van der Waals surface area contributed by atoms with E-state index < -0.39 is 27.4 Å². The number of benzene rings is 1. The lowest BCUT2D eigenvalue weighted by Gasteiger charge is -2.32. The minimum Gasteiger partial charge on any atom is -0.492 e. The van der Waals surface area contributed by atoms with Gasteiger partial charge in [0.15, 0.2) is 9.84 Å². The molecular formula is C27H28FN7O5S. The monoisotopic (exact) mass is 581 g/mol. The molecule has 0 saturated carbocycles. The van der Waals surface area contributed by atoms with Crippen molar-refractivity contribution in [1.82, 2.24) is 29.6 Å². The molecule has 1 aliphatic heterocycles. The Morgan fingerprint density at radius 1 is 1.22 bits per heavy atom. The van der Waals surface area contributed by atoms with Gasteiger partial charge in [-0.25, -0.2) is 27.5 Å². The van der Waals surface area contributed by atoms with Crippen LogP contribution < -0.4 is 10.1 Å². The lowest BCUT2D eigenvalue weighted by Crippen LogP contribution is -2.44. The molecule has 1 aromatic carbocycles. The van der Waals surface area contributed by atoms with Crippen LogP contribution >= 0.6 is 0 Å². The highest BCUT2D eigenvalue weighted by Crippen LogP contribution is 2.35. The topological polar surface area (TPSA) is 152 Å². The molecule has 1 unspecified atom stereocenters. The molecule has 4 heterocycles. The SMILES string of the molecule is CCNc1ccc(-c2c(C(=O)N3CCCC(Oc4ccncn4)C3)c(O)nn2-c2ccc(S(C)(=O)=O)cc2F)nc1. The largest absolute Gasteiger partial charge is 0.492 e. The molecule has 0 aliphatic carbocycles. The van der Waals surface area contributed by atoms with Crippen molar-refractivity contribution in [2.75, 3.05) is 31.2 Å². The first kappa shape index (κ1) is 28.0. The summed E-state index contributed by atoms with van der Waals surface area (Å²) in [5, 5.41) is 18.2.